The van der Waals surface area contributed by atoms with Gasteiger partial charge in [0.25, 0.3) is 5.56 Å². The number of thioether (sulfide) groups is 1. The van der Waals surface area contributed by atoms with E-state index in [-0.39, 0.29) is 11.1 Å². The van der Waals surface area contributed by atoms with Crippen LogP contribution in [0.3, 0.4) is 0 Å². The minimum Gasteiger partial charge on any atom is -0.462 e. The highest BCUT2D eigenvalue weighted by Gasteiger charge is 2.23. The average Bonchev–Trinajstić information content (AvgIpc) is 2.52. The number of nitriles is 1. The van der Waals surface area contributed by atoms with Gasteiger partial charge in [-0.25, -0.2) is 4.79 Å². The SMILES string of the molecule is CCCOC(=O)c1c(SC)c(C#N)c(=O)n2ccccc12. The zero-order valence-electron chi connectivity index (χ0n) is 11.8. The lowest BCUT2D eigenvalue weighted by Gasteiger charge is -2.12. The summed E-state index contributed by atoms with van der Waals surface area (Å²) in [6.07, 6.45) is 3.97. The molecule has 0 atom stereocenters. The number of hydrogen-bond acceptors (Lipinski definition) is 5. The van der Waals surface area contributed by atoms with Gasteiger partial charge in [-0.15, -0.1) is 11.8 Å². The molecule has 108 valence electrons. The molecule has 0 radical (unpaired) electrons. The molecule has 0 bridgehead atoms. The first kappa shape index (κ1) is 15.1. The molecule has 0 aliphatic rings. The van der Waals surface area contributed by atoms with Crippen molar-refractivity contribution in [3.8, 4) is 6.07 Å². The van der Waals surface area contributed by atoms with E-state index < -0.39 is 11.5 Å². The molecule has 6 heteroatoms. The lowest BCUT2D eigenvalue weighted by Crippen LogP contribution is -2.22. The van der Waals surface area contributed by atoms with Crippen LogP contribution in [0.25, 0.3) is 5.52 Å². The molecule has 0 saturated heterocycles. The highest BCUT2D eigenvalue weighted by Crippen LogP contribution is 2.27. The molecule has 5 nitrogen and oxygen atoms in total. The lowest BCUT2D eigenvalue weighted by atomic mass is 10.1. The van der Waals surface area contributed by atoms with E-state index in [1.54, 1.807) is 30.7 Å². The molecule has 0 aromatic carbocycles. The van der Waals surface area contributed by atoms with Crippen molar-refractivity contribution in [2.24, 2.45) is 0 Å². The first-order chi connectivity index (χ1) is 10.2. The summed E-state index contributed by atoms with van der Waals surface area (Å²) in [6.45, 7) is 2.20. The first-order valence-electron chi connectivity index (χ1n) is 6.44. The second kappa shape index (κ2) is 6.46. The number of carbonyl (C=O) groups is 1. The van der Waals surface area contributed by atoms with Gasteiger partial charge in [-0.05, 0) is 24.8 Å². The highest BCUT2D eigenvalue weighted by molar-refractivity contribution is 7.98. The van der Waals surface area contributed by atoms with Crippen LogP contribution in [0, 0.1) is 11.3 Å². The third-order valence-electron chi connectivity index (χ3n) is 2.96. The molecule has 2 aromatic rings. The molecule has 2 heterocycles. The van der Waals surface area contributed by atoms with Gasteiger partial charge in [0.05, 0.1) is 17.7 Å². The monoisotopic (exact) mass is 302 g/mol. The van der Waals surface area contributed by atoms with Crippen molar-refractivity contribution in [2.75, 3.05) is 12.9 Å². The number of rotatable bonds is 4. The normalized spacial score (nSPS) is 10.3. The van der Waals surface area contributed by atoms with Gasteiger partial charge >= 0.3 is 5.97 Å². The number of aromatic nitrogens is 1. The van der Waals surface area contributed by atoms with Crippen LogP contribution >= 0.6 is 11.8 Å². The van der Waals surface area contributed by atoms with Crippen molar-refractivity contribution in [1.82, 2.24) is 4.40 Å². The van der Waals surface area contributed by atoms with Gasteiger partial charge in [0.15, 0.2) is 0 Å². The molecule has 0 aliphatic heterocycles. The topological polar surface area (TPSA) is 71.6 Å². The number of nitrogens with zero attached hydrogens (tertiary/aromatic N) is 2. The molecular formula is C15H14N2O3S. The van der Waals surface area contributed by atoms with Gasteiger partial charge in [-0.2, -0.15) is 5.26 Å². The van der Waals surface area contributed by atoms with Crippen molar-refractivity contribution in [3.63, 3.8) is 0 Å². The zero-order valence-corrected chi connectivity index (χ0v) is 12.6. The lowest BCUT2D eigenvalue weighted by molar-refractivity contribution is 0.0503. The summed E-state index contributed by atoms with van der Waals surface area (Å²) >= 11 is 1.20. The van der Waals surface area contributed by atoms with E-state index >= 15 is 0 Å². The van der Waals surface area contributed by atoms with Crippen molar-refractivity contribution in [2.45, 2.75) is 18.2 Å². The number of hydrogen-bond donors (Lipinski definition) is 0. The molecule has 0 N–H and O–H groups in total. The van der Waals surface area contributed by atoms with E-state index in [1.165, 1.54) is 16.2 Å². The maximum atomic E-state index is 12.3. The first-order valence-corrected chi connectivity index (χ1v) is 7.66. The molecule has 2 aromatic heterocycles. The van der Waals surface area contributed by atoms with E-state index in [0.29, 0.717) is 23.4 Å². The van der Waals surface area contributed by atoms with E-state index in [0.717, 1.165) is 0 Å². The predicted octanol–water partition coefficient (Wildman–Crippen LogP) is 2.46. The molecule has 0 aliphatic carbocycles. The Balaban J connectivity index is 2.84. The fourth-order valence-electron chi connectivity index (χ4n) is 2.05. The van der Waals surface area contributed by atoms with Crippen molar-refractivity contribution >= 4 is 23.2 Å². The fourth-order valence-corrected chi connectivity index (χ4v) is 2.78. The summed E-state index contributed by atoms with van der Waals surface area (Å²) in [4.78, 5) is 25.0. The van der Waals surface area contributed by atoms with Gasteiger partial charge in [0.1, 0.15) is 11.6 Å². The molecular weight excluding hydrogens is 288 g/mol. The Labute approximate surface area is 126 Å². The summed E-state index contributed by atoms with van der Waals surface area (Å²) in [5.74, 6) is -0.513. The number of pyridine rings is 2. The Hall–Kier alpha value is -2.26. The Morgan fingerprint density at radius 3 is 2.86 bits per heavy atom. The van der Waals surface area contributed by atoms with Crippen LogP contribution in [-0.2, 0) is 4.74 Å². The third kappa shape index (κ3) is 2.65. The molecule has 0 unspecified atom stereocenters. The molecule has 0 fully saturated rings. The van der Waals surface area contributed by atoms with Crippen LogP contribution in [0.5, 0.6) is 0 Å². The summed E-state index contributed by atoms with van der Waals surface area (Å²) in [7, 11) is 0. The summed E-state index contributed by atoms with van der Waals surface area (Å²) in [5, 5.41) is 9.24. The molecule has 2 rings (SSSR count). The smallest absolute Gasteiger partial charge is 0.341 e. The van der Waals surface area contributed by atoms with Crippen molar-refractivity contribution in [3.05, 3.63) is 45.9 Å². The van der Waals surface area contributed by atoms with Crippen LogP contribution in [0.1, 0.15) is 29.3 Å². The number of carbonyl (C=O) groups excluding carboxylic acids is 1. The minimum absolute atomic E-state index is 0.0327. The summed E-state index contributed by atoms with van der Waals surface area (Å²) < 4.78 is 6.50. The molecule has 0 spiro atoms. The Morgan fingerprint density at radius 1 is 1.48 bits per heavy atom. The summed E-state index contributed by atoms with van der Waals surface area (Å²) in [6, 6.07) is 6.98. The van der Waals surface area contributed by atoms with E-state index in [1.807, 2.05) is 13.0 Å². The van der Waals surface area contributed by atoms with Gasteiger partial charge in [-0.3, -0.25) is 9.20 Å². The fraction of sp³-hybridized carbons (Fsp3) is 0.267. The maximum Gasteiger partial charge on any atom is 0.341 e. The van der Waals surface area contributed by atoms with Gasteiger partial charge in [0, 0.05) is 11.1 Å². The van der Waals surface area contributed by atoms with Gasteiger partial charge in [0.2, 0.25) is 0 Å². The quantitative estimate of drug-likeness (QED) is 0.641. The van der Waals surface area contributed by atoms with E-state index in [2.05, 4.69) is 0 Å². The Kier molecular flexibility index (Phi) is 4.66. The van der Waals surface area contributed by atoms with Crippen LogP contribution in [0.4, 0.5) is 0 Å². The molecule has 0 amide bonds. The molecule has 21 heavy (non-hydrogen) atoms. The Bertz CT molecular complexity index is 790. The van der Waals surface area contributed by atoms with E-state index in [9.17, 15) is 14.9 Å². The number of fused-ring (bicyclic) bond motifs is 1. The van der Waals surface area contributed by atoms with Gasteiger partial charge in [-0.1, -0.05) is 13.0 Å². The second-order valence-electron chi connectivity index (χ2n) is 4.29. The zero-order chi connectivity index (χ0) is 15.4. The van der Waals surface area contributed by atoms with Crippen LogP contribution in [0.15, 0.2) is 34.1 Å². The maximum absolute atomic E-state index is 12.3. The summed E-state index contributed by atoms with van der Waals surface area (Å²) in [5.41, 5.74) is 0.263. The predicted molar refractivity (Wildman–Crippen MR) is 80.7 cm³/mol. The van der Waals surface area contributed by atoms with Gasteiger partial charge < -0.3 is 4.74 Å². The second-order valence-corrected chi connectivity index (χ2v) is 5.11. The molecule has 0 saturated carbocycles. The van der Waals surface area contributed by atoms with Crippen molar-refractivity contribution in [1.29, 1.82) is 5.26 Å². The van der Waals surface area contributed by atoms with Crippen molar-refractivity contribution < 1.29 is 9.53 Å². The van der Waals surface area contributed by atoms with Crippen LogP contribution < -0.4 is 5.56 Å². The average molecular weight is 302 g/mol. The number of ether oxygens (including phenoxy) is 1. The largest absolute Gasteiger partial charge is 0.462 e. The Morgan fingerprint density at radius 2 is 2.24 bits per heavy atom. The third-order valence-corrected chi connectivity index (χ3v) is 3.78. The van der Waals surface area contributed by atoms with E-state index in [4.69, 9.17) is 4.74 Å². The van der Waals surface area contributed by atoms with Crippen LogP contribution in [-0.4, -0.2) is 23.2 Å². The number of esters is 1. The standard InChI is InChI=1S/C15H14N2O3S/c1-3-8-20-15(19)12-11-6-4-5-7-17(11)14(18)10(9-16)13(12)21-2/h4-7H,3,8H2,1-2H3. The highest BCUT2D eigenvalue weighted by atomic mass is 32.2. The minimum atomic E-state index is -0.513. The van der Waals surface area contributed by atoms with Crippen LogP contribution in [0.2, 0.25) is 0 Å².